The third-order valence-electron chi connectivity index (χ3n) is 2.76. The summed E-state index contributed by atoms with van der Waals surface area (Å²) in [7, 11) is 0. The molecule has 0 aliphatic carbocycles. The molecule has 4 nitrogen and oxygen atoms in total. The average molecular weight is 322 g/mol. The Morgan fingerprint density at radius 2 is 2.11 bits per heavy atom. The predicted octanol–water partition coefficient (Wildman–Crippen LogP) is 2.52. The number of hydrogen-bond acceptors (Lipinski definition) is 2. The second-order valence-corrected chi connectivity index (χ2v) is 4.93. The zero-order chi connectivity index (χ0) is 13.7. The molecule has 2 rings (SSSR count). The van der Waals surface area contributed by atoms with Crippen LogP contribution >= 0.6 is 15.9 Å². The summed E-state index contributed by atoms with van der Waals surface area (Å²) in [5.74, 6) is -0.0509. The van der Waals surface area contributed by atoms with Gasteiger partial charge in [-0.15, -0.1) is 0 Å². The van der Waals surface area contributed by atoms with Crippen molar-refractivity contribution in [2.45, 2.75) is 18.8 Å². The number of hydrogen-bond donors (Lipinski definition) is 1. The van der Waals surface area contributed by atoms with E-state index in [1.165, 1.54) is 0 Å². The molecule has 1 aromatic heterocycles. The molecule has 100 valence electrons. The van der Waals surface area contributed by atoms with E-state index in [1.54, 1.807) is 6.20 Å². The number of amides is 1. The summed E-state index contributed by atoms with van der Waals surface area (Å²) in [6.45, 7) is 3.24. The van der Waals surface area contributed by atoms with Gasteiger partial charge in [0.25, 0.3) is 5.91 Å². The molecule has 2 aromatic rings. The summed E-state index contributed by atoms with van der Waals surface area (Å²) in [4.78, 5) is 11.9. The number of rotatable bonds is 5. The number of halogens is 1. The number of alkyl halides is 1. The number of nitrogens with zero attached hydrogens (tertiary/aromatic N) is 2. The third-order valence-corrected chi connectivity index (χ3v) is 3.41. The Morgan fingerprint density at radius 1 is 1.37 bits per heavy atom. The number of benzene rings is 1. The Balaban J connectivity index is 1.83. The summed E-state index contributed by atoms with van der Waals surface area (Å²) in [6, 6.07) is 7.56. The van der Waals surface area contributed by atoms with Crippen molar-refractivity contribution < 1.29 is 4.79 Å². The van der Waals surface area contributed by atoms with E-state index in [2.05, 4.69) is 26.3 Å². The lowest BCUT2D eigenvalue weighted by Crippen LogP contribution is -2.27. The Hall–Kier alpha value is -1.62. The Morgan fingerprint density at radius 3 is 2.68 bits per heavy atom. The largest absolute Gasteiger partial charge is 0.350 e. The van der Waals surface area contributed by atoms with Gasteiger partial charge < -0.3 is 5.32 Å². The standard InChI is InChI=1S/C14H16BrN3O/c1-11-9-17-18(10-11)7-6-16-14(19)13-4-2-12(8-15)3-5-13/h2-5,9-10H,6-8H2,1H3,(H,16,19). The molecule has 0 atom stereocenters. The molecule has 0 aliphatic heterocycles. The minimum atomic E-state index is -0.0509. The highest BCUT2D eigenvalue weighted by atomic mass is 79.9. The molecule has 0 saturated carbocycles. The number of carbonyl (C=O) groups is 1. The average Bonchev–Trinajstić information content (AvgIpc) is 2.84. The highest BCUT2D eigenvalue weighted by Gasteiger charge is 2.04. The molecular weight excluding hydrogens is 306 g/mol. The van der Waals surface area contributed by atoms with E-state index in [4.69, 9.17) is 0 Å². The van der Waals surface area contributed by atoms with Crippen LogP contribution in [0.15, 0.2) is 36.7 Å². The maximum absolute atomic E-state index is 11.9. The highest BCUT2D eigenvalue weighted by Crippen LogP contribution is 2.07. The second-order valence-electron chi connectivity index (χ2n) is 4.37. The van der Waals surface area contributed by atoms with Crippen molar-refractivity contribution in [3.05, 3.63) is 53.3 Å². The van der Waals surface area contributed by atoms with E-state index in [0.29, 0.717) is 18.7 Å². The van der Waals surface area contributed by atoms with Gasteiger partial charge in [-0.25, -0.2) is 0 Å². The van der Waals surface area contributed by atoms with Gasteiger partial charge in [-0.05, 0) is 30.2 Å². The van der Waals surface area contributed by atoms with Gasteiger partial charge in [0.1, 0.15) is 0 Å². The maximum Gasteiger partial charge on any atom is 0.251 e. The van der Waals surface area contributed by atoms with E-state index < -0.39 is 0 Å². The lowest BCUT2D eigenvalue weighted by Gasteiger charge is -2.06. The van der Waals surface area contributed by atoms with E-state index in [-0.39, 0.29) is 5.91 Å². The molecule has 0 spiro atoms. The lowest BCUT2D eigenvalue weighted by atomic mass is 10.1. The Bertz CT molecular complexity index is 548. The van der Waals surface area contributed by atoms with Crippen LogP contribution in [-0.2, 0) is 11.9 Å². The van der Waals surface area contributed by atoms with Gasteiger partial charge in [0.2, 0.25) is 0 Å². The van der Waals surface area contributed by atoms with Crippen molar-refractivity contribution in [2.24, 2.45) is 0 Å². The van der Waals surface area contributed by atoms with Crippen molar-refractivity contribution >= 4 is 21.8 Å². The molecule has 0 unspecified atom stereocenters. The first kappa shape index (κ1) is 13.8. The van der Waals surface area contributed by atoms with E-state index in [1.807, 2.05) is 42.1 Å². The third kappa shape index (κ3) is 3.92. The fourth-order valence-corrected chi connectivity index (χ4v) is 2.09. The van der Waals surface area contributed by atoms with E-state index in [9.17, 15) is 4.79 Å². The molecule has 19 heavy (non-hydrogen) atoms. The van der Waals surface area contributed by atoms with Crippen molar-refractivity contribution in [1.29, 1.82) is 0 Å². The van der Waals surface area contributed by atoms with Crippen LogP contribution in [0.5, 0.6) is 0 Å². The zero-order valence-electron chi connectivity index (χ0n) is 10.8. The van der Waals surface area contributed by atoms with Gasteiger partial charge in [-0.3, -0.25) is 9.48 Å². The van der Waals surface area contributed by atoms with Crippen molar-refractivity contribution in [1.82, 2.24) is 15.1 Å². The van der Waals surface area contributed by atoms with Crippen molar-refractivity contribution in [3.8, 4) is 0 Å². The van der Waals surface area contributed by atoms with Gasteiger partial charge in [-0.1, -0.05) is 28.1 Å². The van der Waals surface area contributed by atoms with Crippen LogP contribution in [0, 0.1) is 6.92 Å². The second kappa shape index (κ2) is 6.52. The lowest BCUT2D eigenvalue weighted by molar-refractivity contribution is 0.0952. The van der Waals surface area contributed by atoms with E-state index in [0.717, 1.165) is 16.5 Å². The minimum absolute atomic E-state index is 0.0509. The molecule has 0 bridgehead atoms. The molecule has 0 aliphatic rings. The molecule has 1 heterocycles. The number of nitrogens with one attached hydrogen (secondary N) is 1. The fraction of sp³-hybridized carbons (Fsp3) is 0.286. The Kier molecular flexibility index (Phi) is 4.74. The quantitative estimate of drug-likeness (QED) is 0.860. The Labute approximate surface area is 120 Å². The molecule has 0 fully saturated rings. The summed E-state index contributed by atoms with van der Waals surface area (Å²) in [5.41, 5.74) is 2.96. The molecule has 1 N–H and O–H groups in total. The normalized spacial score (nSPS) is 10.4. The van der Waals surface area contributed by atoms with Crippen molar-refractivity contribution in [2.75, 3.05) is 6.54 Å². The van der Waals surface area contributed by atoms with Gasteiger partial charge in [0.05, 0.1) is 12.7 Å². The molecule has 1 amide bonds. The fourth-order valence-electron chi connectivity index (χ4n) is 1.72. The molecule has 0 saturated heterocycles. The summed E-state index contributed by atoms with van der Waals surface area (Å²) in [5, 5.41) is 7.85. The number of aryl methyl sites for hydroxylation is 1. The van der Waals surface area contributed by atoms with Gasteiger partial charge in [0, 0.05) is 23.6 Å². The van der Waals surface area contributed by atoms with E-state index >= 15 is 0 Å². The van der Waals surface area contributed by atoms with Gasteiger partial charge in [-0.2, -0.15) is 5.10 Å². The summed E-state index contributed by atoms with van der Waals surface area (Å²) in [6.07, 6.45) is 3.76. The summed E-state index contributed by atoms with van der Waals surface area (Å²) < 4.78 is 1.82. The molecule has 5 heteroatoms. The summed E-state index contributed by atoms with van der Waals surface area (Å²) >= 11 is 3.38. The van der Waals surface area contributed by atoms with Crippen LogP contribution in [0.3, 0.4) is 0 Å². The van der Waals surface area contributed by atoms with Crippen LogP contribution in [0.1, 0.15) is 21.5 Å². The molecule has 0 radical (unpaired) electrons. The SMILES string of the molecule is Cc1cnn(CCNC(=O)c2ccc(CBr)cc2)c1. The number of carbonyl (C=O) groups excluding carboxylic acids is 1. The first-order valence-corrected chi connectivity index (χ1v) is 7.23. The minimum Gasteiger partial charge on any atom is -0.350 e. The maximum atomic E-state index is 11.9. The van der Waals surface area contributed by atoms with Crippen LogP contribution in [0.4, 0.5) is 0 Å². The topological polar surface area (TPSA) is 46.9 Å². The molecular formula is C14H16BrN3O. The van der Waals surface area contributed by atoms with Crippen LogP contribution in [-0.4, -0.2) is 22.2 Å². The monoisotopic (exact) mass is 321 g/mol. The molecule has 1 aromatic carbocycles. The first-order chi connectivity index (χ1) is 9.19. The van der Waals surface area contributed by atoms with Crippen LogP contribution < -0.4 is 5.32 Å². The van der Waals surface area contributed by atoms with Gasteiger partial charge in [0.15, 0.2) is 0 Å². The number of aromatic nitrogens is 2. The smallest absolute Gasteiger partial charge is 0.251 e. The van der Waals surface area contributed by atoms with Gasteiger partial charge >= 0.3 is 0 Å². The zero-order valence-corrected chi connectivity index (χ0v) is 12.4. The first-order valence-electron chi connectivity index (χ1n) is 6.11. The van der Waals surface area contributed by atoms with Crippen LogP contribution in [0.25, 0.3) is 0 Å². The van der Waals surface area contributed by atoms with Crippen molar-refractivity contribution in [3.63, 3.8) is 0 Å². The highest BCUT2D eigenvalue weighted by molar-refractivity contribution is 9.08. The van der Waals surface area contributed by atoms with Crippen LogP contribution in [0.2, 0.25) is 0 Å². The predicted molar refractivity (Wildman–Crippen MR) is 78.4 cm³/mol.